The molecule has 7 nitrogen and oxygen atoms in total. The van der Waals surface area contributed by atoms with E-state index in [9.17, 15) is 16.8 Å². The van der Waals surface area contributed by atoms with Crippen LogP contribution in [-0.2, 0) is 20.0 Å². The SMILES string of the molecule is O=S(=O)(Nc1ccc(S(=O)(=O)Nc2nccs2)cc1)c1ccccc1. The highest BCUT2D eigenvalue weighted by atomic mass is 32.2. The second kappa shape index (κ2) is 6.82. The number of hydrogen-bond donors (Lipinski definition) is 2. The summed E-state index contributed by atoms with van der Waals surface area (Å²) in [4.78, 5) is 3.99. The molecule has 0 fully saturated rings. The molecule has 10 heteroatoms. The molecule has 1 aromatic heterocycles. The third-order valence-electron chi connectivity index (χ3n) is 3.12. The van der Waals surface area contributed by atoms with Crippen LogP contribution < -0.4 is 9.44 Å². The van der Waals surface area contributed by atoms with Gasteiger partial charge in [0.2, 0.25) is 0 Å². The highest BCUT2D eigenvalue weighted by Gasteiger charge is 2.17. The predicted molar refractivity (Wildman–Crippen MR) is 96.6 cm³/mol. The molecule has 0 radical (unpaired) electrons. The van der Waals surface area contributed by atoms with Crippen LogP contribution in [0.5, 0.6) is 0 Å². The van der Waals surface area contributed by atoms with E-state index < -0.39 is 20.0 Å². The van der Waals surface area contributed by atoms with E-state index in [2.05, 4.69) is 14.4 Å². The van der Waals surface area contributed by atoms with Gasteiger partial charge in [0.1, 0.15) is 0 Å². The van der Waals surface area contributed by atoms with Crippen LogP contribution in [0.15, 0.2) is 76.0 Å². The van der Waals surface area contributed by atoms with Gasteiger partial charge in [-0.15, -0.1) is 11.3 Å². The minimum atomic E-state index is -3.78. The van der Waals surface area contributed by atoms with Gasteiger partial charge in [0.05, 0.1) is 9.79 Å². The van der Waals surface area contributed by atoms with Gasteiger partial charge in [-0.05, 0) is 36.4 Å². The Bertz CT molecular complexity index is 1050. The zero-order chi connectivity index (χ0) is 17.9. The first-order chi connectivity index (χ1) is 11.9. The molecule has 25 heavy (non-hydrogen) atoms. The lowest BCUT2D eigenvalue weighted by Crippen LogP contribution is -2.14. The number of hydrogen-bond acceptors (Lipinski definition) is 6. The average molecular weight is 395 g/mol. The summed E-state index contributed by atoms with van der Waals surface area (Å²) in [7, 11) is -7.50. The first-order valence-electron chi connectivity index (χ1n) is 6.97. The zero-order valence-corrected chi connectivity index (χ0v) is 15.1. The Morgan fingerprint density at radius 2 is 1.36 bits per heavy atom. The van der Waals surface area contributed by atoms with Gasteiger partial charge in [0.25, 0.3) is 20.0 Å². The van der Waals surface area contributed by atoms with Gasteiger partial charge in [-0.2, -0.15) is 0 Å². The van der Waals surface area contributed by atoms with E-state index in [-0.39, 0.29) is 20.6 Å². The molecule has 0 aliphatic carbocycles. The largest absolute Gasteiger partial charge is 0.280 e. The van der Waals surface area contributed by atoms with E-state index >= 15 is 0 Å². The summed E-state index contributed by atoms with van der Waals surface area (Å²) in [6.45, 7) is 0. The van der Waals surface area contributed by atoms with Crippen LogP contribution in [0.4, 0.5) is 10.8 Å². The number of sulfonamides is 2. The van der Waals surface area contributed by atoms with Crippen LogP contribution in [-0.4, -0.2) is 21.8 Å². The van der Waals surface area contributed by atoms with Gasteiger partial charge < -0.3 is 0 Å². The van der Waals surface area contributed by atoms with Crippen molar-refractivity contribution in [2.45, 2.75) is 9.79 Å². The van der Waals surface area contributed by atoms with Crippen molar-refractivity contribution >= 4 is 42.2 Å². The molecule has 3 aromatic rings. The molecule has 0 amide bonds. The van der Waals surface area contributed by atoms with Crippen molar-refractivity contribution in [3.05, 3.63) is 66.2 Å². The zero-order valence-electron chi connectivity index (χ0n) is 12.7. The number of anilines is 2. The fourth-order valence-electron chi connectivity index (χ4n) is 1.96. The molecule has 0 aliphatic heterocycles. The summed E-state index contributed by atoms with van der Waals surface area (Å²) in [6, 6.07) is 13.3. The highest BCUT2D eigenvalue weighted by Crippen LogP contribution is 2.21. The number of aromatic nitrogens is 1. The van der Waals surface area contributed by atoms with Crippen molar-refractivity contribution in [3.63, 3.8) is 0 Å². The quantitative estimate of drug-likeness (QED) is 0.668. The maximum Gasteiger partial charge on any atom is 0.263 e. The third kappa shape index (κ3) is 4.16. The highest BCUT2D eigenvalue weighted by molar-refractivity contribution is 7.93. The van der Waals surface area contributed by atoms with Gasteiger partial charge in [-0.3, -0.25) is 9.44 Å². The van der Waals surface area contributed by atoms with E-state index in [0.29, 0.717) is 0 Å². The van der Waals surface area contributed by atoms with Gasteiger partial charge in [-0.25, -0.2) is 21.8 Å². The monoisotopic (exact) mass is 395 g/mol. The molecule has 0 saturated carbocycles. The van der Waals surface area contributed by atoms with Crippen LogP contribution in [0.1, 0.15) is 0 Å². The van der Waals surface area contributed by atoms with Crippen molar-refractivity contribution in [3.8, 4) is 0 Å². The first kappa shape index (κ1) is 17.4. The Kier molecular flexibility index (Phi) is 4.75. The molecule has 2 N–H and O–H groups in total. The lowest BCUT2D eigenvalue weighted by atomic mass is 10.3. The molecule has 0 saturated heterocycles. The Balaban J connectivity index is 1.79. The lowest BCUT2D eigenvalue weighted by Gasteiger charge is -2.09. The van der Waals surface area contributed by atoms with Gasteiger partial charge in [0.15, 0.2) is 5.13 Å². The molecule has 130 valence electrons. The Morgan fingerprint density at radius 1 is 0.760 bits per heavy atom. The molecule has 1 heterocycles. The maximum atomic E-state index is 12.2. The van der Waals surface area contributed by atoms with Crippen LogP contribution in [0.25, 0.3) is 0 Å². The number of benzene rings is 2. The van der Waals surface area contributed by atoms with E-state index in [1.165, 1.54) is 42.6 Å². The maximum absolute atomic E-state index is 12.2. The topological polar surface area (TPSA) is 105 Å². The lowest BCUT2D eigenvalue weighted by molar-refractivity contribution is 0.600. The third-order valence-corrected chi connectivity index (χ3v) is 6.69. The number of thiazole rings is 1. The Hall–Kier alpha value is -2.43. The smallest absolute Gasteiger partial charge is 0.263 e. The van der Waals surface area contributed by atoms with Gasteiger partial charge >= 0.3 is 0 Å². The second-order valence-electron chi connectivity index (χ2n) is 4.89. The Labute approximate surface area is 149 Å². The summed E-state index contributed by atoms with van der Waals surface area (Å²) in [5, 5.41) is 1.91. The van der Waals surface area contributed by atoms with Crippen molar-refractivity contribution < 1.29 is 16.8 Å². The molecule has 0 spiro atoms. The van der Waals surface area contributed by atoms with E-state index in [1.807, 2.05) is 0 Å². The van der Waals surface area contributed by atoms with Gasteiger partial charge in [-0.1, -0.05) is 18.2 Å². The average Bonchev–Trinajstić information content (AvgIpc) is 3.08. The van der Waals surface area contributed by atoms with Crippen molar-refractivity contribution in [1.82, 2.24) is 4.98 Å². The van der Waals surface area contributed by atoms with Crippen LogP contribution in [0.2, 0.25) is 0 Å². The Morgan fingerprint density at radius 3 is 1.96 bits per heavy atom. The van der Waals surface area contributed by atoms with Crippen LogP contribution in [0, 0.1) is 0 Å². The van der Waals surface area contributed by atoms with Crippen LogP contribution in [0.3, 0.4) is 0 Å². The molecule has 3 rings (SSSR count). The van der Waals surface area contributed by atoms with E-state index in [4.69, 9.17) is 0 Å². The summed E-state index contributed by atoms with van der Waals surface area (Å²) >= 11 is 1.16. The molecule has 2 aromatic carbocycles. The number of rotatable bonds is 6. The minimum absolute atomic E-state index is 0.00496. The molecule has 0 aliphatic rings. The molecular weight excluding hydrogens is 382 g/mol. The van der Waals surface area contributed by atoms with E-state index in [1.54, 1.807) is 23.6 Å². The molecular formula is C15H13N3O4S3. The molecule has 0 bridgehead atoms. The molecule has 0 atom stereocenters. The van der Waals surface area contributed by atoms with Crippen molar-refractivity contribution in [2.24, 2.45) is 0 Å². The normalized spacial score (nSPS) is 11.8. The van der Waals surface area contributed by atoms with Crippen molar-refractivity contribution in [1.29, 1.82) is 0 Å². The number of nitrogens with one attached hydrogen (secondary N) is 2. The first-order valence-corrected chi connectivity index (χ1v) is 10.8. The standard InChI is InChI=1S/C15H13N3O4S3/c19-24(20,13-4-2-1-3-5-13)17-12-6-8-14(9-7-12)25(21,22)18-15-16-10-11-23-15/h1-11,17H,(H,16,18). The summed E-state index contributed by atoms with van der Waals surface area (Å²) < 4.78 is 53.7. The van der Waals surface area contributed by atoms with Crippen LogP contribution >= 0.6 is 11.3 Å². The minimum Gasteiger partial charge on any atom is -0.280 e. The molecule has 0 unspecified atom stereocenters. The second-order valence-corrected chi connectivity index (χ2v) is 9.15. The summed E-state index contributed by atoms with van der Waals surface area (Å²) in [5.74, 6) is 0. The fraction of sp³-hybridized carbons (Fsp3) is 0. The van der Waals surface area contributed by atoms with Gasteiger partial charge in [0, 0.05) is 17.3 Å². The predicted octanol–water partition coefficient (Wildman–Crippen LogP) is 2.74. The summed E-state index contributed by atoms with van der Waals surface area (Å²) in [6.07, 6.45) is 1.49. The van der Waals surface area contributed by atoms with Crippen molar-refractivity contribution in [2.75, 3.05) is 9.44 Å². The van der Waals surface area contributed by atoms with E-state index in [0.717, 1.165) is 11.3 Å². The summed E-state index contributed by atoms with van der Waals surface area (Å²) in [5.41, 5.74) is 0.261. The number of nitrogens with zero attached hydrogens (tertiary/aromatic N) is 1. The fourth-order valence-corrected chi connectivity index (χ4v) is 4.83.